The summed E-state index contributed by atoms with van der Waals surface area (Å²) in [5.74, 6) is 0.690. The molecule has 1 aromatic carbocycles. The quantitative estimate of drug-likeness (QED) is 0.757. The molecule has 1 heterocycles. The first kappa shape index (κ1) is 9.52. The average Bonchev–Trinajstić information content (AvgIpc) is 2.30. The fourth-order valence-corrected chi connectivity index (χ4v) is 1.43. The Hall–Kier alpha value is -2.03. The van der Waals surface area contributed by atoms with Gasteiger partial charge in [0.15, 0.2) is 0 Å². The third kappa shape index (κ3) is 1.91. The highest BCUT2D eigenvalue weighted by atomic mass is 16.5. The van der Waals surface area contributed by atoms with Gasteiger partial charge >= 0.3 is 0 Å². The molecule has 2 rings (SSSR count). The largest absolute Gasteiger partial charge is 0.495 e. The van der Waals surface area contributed by atoms with E-state index in [1.165, 1.54) is 0 Å². The second kappa shape index (κ2) is 4.00. The zero-order valence-corrected chi connectivity index (χ0v) is 8.47. The molecule has 0 radical (unpaired) electrons. The Balaban J connectivity index is 2.43. The molecule has 0 unspecified atom stereocenters. The van der Waals surface area contributed by atoms with E-state index in [0.29, 0.717) is 11.4 Å². The van der Waals surface area contributed by atoms with Crippen molar-refractivity contribution in [1.29, 1.82) is 0 Å². The van der Waals surface area contributed by atoms with E-state index in [4.69, 9.17) is 10.5 Å². The molecule has 0 aliphatic heterocycles. The molecule has 0 saturated carbocycles. The van der Waals surface area contributed by atoms with Crippen LogP contribution in [0.3, 0.4) is 0 Å². The minimum absolute atomic E-state index is 0.626. The van der Waals surface area contributed by atoms with Gasteiger partial charge in [-0.25, -0.2) is 0 Å². The predicted octanol–water partition coefficient (Wildman–Crippen LogP) is 2.34. The van der Waals surface area contributed by atoms with Crippen molar-refractivity contribution in [1.82, 2.24) is 4.98 Å². The van der Waals surface area contributed by atoms with Gasteiger partial charge in [0.2, 0.25) is 0 Å². The van der Waals surface area contributed by atoms with Gasteiger partial charge in [0.25, 0.3) is 0 Å². The van der Waals surface area contributed by atoms with Crippen LogP contribution in [0.1, 0.15) is 0 Å². The smallest absolute Gasteiger partial charge is 0.141 e. The van der Waals surface area contributed by atoms with Crippen molar-refractivity contribution >= 4 is 5.69 Å². The lowest BCUT2D eigenvalue weighted by molar-refractivity contribution is 0.417. The Morgan fingerprint density at radius 2 is 2.07 bits per heavy atom. The second-order valence-electron chi connectivity index (χ2n) is 3.17. The number of methoxy groups -OCH3 is 1. The average molecular weight is 200 g/mol. The van der Waals surface area contributed by atoms with Crippen molar-refractivity contribution in [3.05, 3.63) is 42.6 Å². The van der Waals surface area contributed by atoms with Crippen LogP contribution in [0, 0.1) is 0 Å². The molecule has 76 valence electrons. The van der Waals surface area contributed by atoms with Gasteiger partial charge in [0.05, 0.1) is 18.5 Å². The molecule has 0 aliphatic rings. The van der Waals surface area contributed by atoms with Crippen LogP contribution in [0.5, 0.6) is 5.75 Å². The van der Waals surface area contributed by atoms with Crippen LogP contribution in [0.2, 0.25) is 0 Å². The molecule has 3 nitrogen and oxygen atoms in total. The third-order valence-electron chi connectivity index (χ3n) is 2.19. The van der Waals surface area contributed by atoms with Crippen LogP contribution >= 0.6 is 0 Å². The molecule has 1 aromatic heterocycles. The SMILES string of the molecule is COc1ccc(-c2ccccn2)cc1N. The number of aromatic nitrogens is 1. The highest BCUT2D eigenvalue weighted by Crippen LogP contribution is 2.26. The number of hydrogen-bond acceptors (Lipinski definition) is 3. The molecule has 0 fully saturated rings. The van der Waals surface area contributed by atoms with Crippen LogP contribution in [-0.4, -0.2) is 12.1 Å². The molecule has 0 aliphatic carbocycles. The fourth-order valence-electron chi connectivity index (χ4n) is 1.43. The highest BCUT2D eigenvalue weighted by Gasteiger charge is 2.02. The molecule has 0 amide bonds. The number of nitrogens with zero attached hydrogens (tertiary/aromatic N) is 1. The summed E-state index contributed by atoms with van der Waals surface area (Å²) >= 11 is 0. The molecular weight excluding hydrogens is 188 g/mol. The lowest BCUT2D eigenvalue weighted by atomic mass is 10.1. The van der Waals surface area contributed by atoms with E-state index in [1.807, 2.05) is 36.4 Å². The van der Waals surface area contributed by atoms with Gasteiger partial charge in [-0.2, -0.15) is 0 Å². The van der Waals surface area contributed by atoms with Gasteiger partial charge in [-0.1, -0.05) is 6.07 Å². The Morgan fingerprint density at radius 1 is 1.20 bits per heavy atom. The van der Waals surface area contributed by atoms with E-state index >= 15 is 0 Å². The van der Waals surface area contributed by atoms with Crippen LogP contribution in [0.4, 0.5) is 5.69 Å². The molecule has 0 spiro atoms. The van der Waals surface area contributed by atoms with E-state index in [0.717, 1.165) is 11.3 Å². The second-order valence-corrected chi connectivity index (χ2v) is 3.17. The first-order valence-corrected chi connectivity index (χ1v) is 4.66. The van der Waals surface area contributed by atoms with Crippen molar-refractivity contribution in [3.63, 3.8) is 0 Å². The van der Waals surface area contributed by atoms with Crippen molar-refractivity contribution in [3.8, 4) is 17.0 Å². The normalized spacial score (nSPS) is 9.93. The number of nitrogens with two attached hydrogens (primary N) is 1. The zero-order valence-electron chi connectivity index (χ0n) is 8.47. The minimum Gasteiger partial charge on any atom is -0.495 e. The minimum atomic E-state index is 0.626. The molecule has 0 saturated heterocycles. The van der Waals surface area contributed by atoms with E-state index in [-0.39, 0.29) is 0 Å². The predicted molar refractivity (Wildman–Crippen MR) is 60.6 cm³/mol. The number of hydrogen-bond donors (Lipinski definition) is 1. The maximum Gasteiger partial charge on any atom is 0.141 e. The molecule has 0 bridgehead atoms. The standard InChI is InChI=1S/C12H12N2O/c1-15-12-6-5-9(8-10(12)13)11-4-2-3-7-14-11/h2-8H,13H2,1H3. The maximum absolute atomic E-state index is 5.82. The molecule has 0 atom stereocenters. The van der Waals surface area contributed by atoms with Gasteiger partial charge in [-0.05, 0) is 30.3 Å². The summed E-state index contributed by atoms with van der Waals surface area (Å²) in [6.07, 6.45) is 1.76. The number of benzene rings is 1. The summed E-state index contributed by atoms with van der Waals surface area (Å²) in [4.78, 5) is 4.25. The number of nitrogen functional groups attached to an aromatic ring is 1. The van der Waals surface area contributed by atoms with Gasteiger partial charge in [0.1, 0.15) is 5.75 Å². The summed E-state index contributed by atoms with van der Waals surface area (Å²) in [5, 5.41) is 0. The monoisotopic (exact) mass is 200 g/mol. The van der Waals surface area contributed by atoms with Crippen molar-refractivity contribution in [2.75, 3.05) is 12.8 Å². The Labute approximate surface area is 88.5 Å². The van der Waals surface area contributed by atoms with Crippen LogP contribution in [-0.2, 0) is 0 Å². The molecule has 3 heteroatoms. The lowest BCUT2D eigenvalue weighted by Crippen LogP contribution is -1.93. The van der Waals surface area contributed by atoms with Crippen LogP contribution in [0.15, 0.2) is 42.6 Å². The van der Waals surface area contributed by atoms with E-state index < -0.39 is 0 Å². The van der Waals surface area contributed by atoms with E-state index in [9.17, 15) is 0 Å². The third-order valence-corrected chi connectivity index (χ3v) is 2.19. The molecule has 2 aromatic rings. The Kier molecular flexibility index (Phi) is 2.54. The molecule has 2 N–H and O–H groups in total. The summed E-state index contributed by atoms with van der Waals surface area (Å²) in [7, 11) is 1.60. The summed E-state index contributed by atoms with van der Waals surface area (Å²) in [6.45, 7) is 0. The highest BCUT2D eigenvalue weighted by molar-refractivity contribution is 5.68. The number of pyridine rings is 1. The number of anilines is 1. The van der Waals surface area contributed by atoms with Gasteiger partial charge in [0, 0.05) is 11.8 Å². The number of ether oxygens (including phenoxy) is 1. The fraction of sp³-hybridized carbons (Fsp3) is 0.0833. The maximum atomic E-state index is 5.82. The molecule has 15 heavy (non-hydrogen) atoms. The zero-order chi connectivity index (χ0) is 10.7. The van der Waals surface area contributed by atoms with Crippen LogP contribution in [0.25, 0.3) is 11.3 Å². The topological polar surface area (TPSA) is 48.1 Å². The lowest BCUT2D eigenvalue weighted by Gasteiger charge is -2.06. The van der Waals surface area contributed by atoms with E-state index in [1.54, 1.807) is 13.3 Å². The van der Waals surface area contributed by atoms with Crippen molar-refractivity contribution in [2.45, 2.75) is 0 Å². The van der Waals surface area contributed by atoms with Crippen molar-refractivity contribution in [2.24, 2.45) is 0 Å². The summed E-state index contributed by atoms with van der Waals surface area (Å²) in [6, 6.07) is 11.4. The van der Waals surface area contributed by atoms with Crippen molar-refractivity contribution < 1.29 is 4.74 Å². The Morgan fingerprint density at radius 3 is 2.67 bits per heavy atom. The molecular formula is C12H12N2O. The first-order valence-electron chi connectivity index (χ1n) is 4.66. The van der Waals surface area contributed by atoms with Crippen LogP contribution < -0.4 is 10.5 Å². The van der Waals surface area contributed by atoms with Gasteiger partial charge in [-0.15, -0.1) is 0 Å². The van der Waals surface area contributed by atoms with Gasteiger partial charge in [-0.3, -0.25) is 4.98 Å². The van der Waals surface area contributed by atoms with Gasteiger partial charge < -0.3 is 10.5 Å². The Bertz CT molecular complexity index is 454. The first-order chi connectivity index (χ1) is 7.31. The van der Waals surface area contributed by atoms with E-state index in [2.05, 4.69) is 4.98 Å². The summed E-state index contributed by atoms with van der Waals surface area (Å²) in [5.41, 5.74) is 8.35. The number of rotatable bonds is 2. The summed E-state index contributed by atoms with van der Waals surface area (Å²) < 4.78 is 5.09.